The molecule has 0 atom stereocenters. The van der Waals surface area contributed by atoms with Crippen LogP contribution in [0.2, 0.25) is 0 Å². The van der Waals surface area contributed by atoms with Crippen LogP contribution in [0, 0.1) is 6.92 Å². The maximum atomic E-state index is 11.9. The van der Waals surface area contributed by atoms with Crippen molar-refractivity contribution in [1.29, 1.82) is 0 Å². The van der Waals surface area contributed by atoms with E-state index in [9.17, 15) is 4.79 Å². The number of nitrogens with one attached hydrogen (secondary N) is 2. The van der Waals surface area contributed by atoms with E-state index in [2.05, 4.69) is 20.6 Å². The first-order valence-electron chi connectivity index (χ1n) is 8.50. The predicted octanol–water partition coefficient (Wildman–Crippen LogP) is 0.564. The summed E-state index contributed by atoms with van der Waals surface area (Å²) in [6.45, 7) is 6.41. The van der Waals surface area contributed by atoms with Crippen LogP contribution in [0.25, 0.3) is 0 Å². The fourth-order valence-corrected chi connectivity index (χ4v) is 3.03. The lowest BCUT2D eigenvalue weighted by Gasteiger charge is -2.29. The lowest BCUT2D eigenvalue weighted by molar-refractivity contribution is -0.120. The zero-order valence-electron chi connectivity index (χ0n) is 14.7. The van der Waals surface area contributed by atoms with Crippen LogP contribution < -0.4 is 15.5 Å². The van der Waals surface area contributed by atoms with Gasteiger partial charge in [-0.15, -0.1) is 0 Å². The molecule has 0 spiro atoms. The van der Waals surface area contributed by atoms with Gasteiger partial charge in [-0.05, 0) is 19.1 Å². The minimum absolute atomic E-state index is 0.0640. The summed E-state index contributed by atoms with van der Waals surface area (Å²) in [5.74, 6) is 1.78. The van der Waals surface area contributed by atoms with E-state index in [0.717, 1.165) is 49.1 Å². The van der Waals surface area contributed by atoms with Gasteiger partial charge in [-0.1, -0.05) is 0 Å². The number of furan rings is 1. The molecule has 2 aromatic rings. The van der Waals surface area contributed by atoms with Crippen LogP contribution in [0.5, 0.6) is 0 Å². The molecule has 1 saturated heterocycles. The fraction of sp³-hybridized carbons (Fsp3) is 0.529. The highest BCUT2D eigenvalue weighted by atomic mass is 16.5. The molecular formula is C17H25N5O3. The zero-order chi connectivity index (χ0) is 17.6. The van der Waals surface area contributed by atoms with Crippen LogP contribution in [0.1, 0.15) is 17.0 Å². The van der Waals surface area contributed by atoms with E-state index in [1.54, 1.807) is 12.3 Å². The summed E-state index contributed by atoms with van der Waals surface area (Å²) in [7, 11) is 1.96. The van der Waals surface area contributed by atoms with Crippen molar-refractivity contribution < 1.29 is 13.9 Å². The van der Waals surface area contributed by atoms with Crippen molar-refractivity contribution >= 4 is 11.7 Å². The largest absolute Gasteiger partial charge is 0.467 e. The summed E-state index contributed by atoms with van der Waals surface area (Å²) in [5, 5.41) is 10.6. The molecule has 8 heteroatoms. The molecule has 1 fully saturated rings. The van der Waals surface area contributed by atoms with Gasteiger partial charge in [0.1, 0.15) is 11.6 Å². The van der Waals surface area contributed by atoms with Gasteiger partial charge in [-0.2, -0.15) is 5.10 Å². The van der Waals surface area contributed by atoms with Gasteiger partial charge in [0, 0.05) is 32.2 Å². The van der Waals surface area contributed by atoms with Crippen molar-refractivity contribution in [2.75, 3.05) is 37.7 Å². The quantitative estimate of drug-likeness (QED) is 0.762. The number of hydrogen-bond donors (Lipinski definition) is 2. The molecule has 0 unspecified atom stereocenters. The number of ether oxygens (including phenoxy) is 1. The first-order chi connectivity index (χ1) is 12.1. The Morgan fingerprint density at radius 2 is 2.12 bits per heavy atom. The van der Waals surface area contributed by atoms with E-state index in [1.165, 1.54) is 0 Å². The minimum atomic E-state index is -0.0640. The first kappa shape index (κ1) is 17.5. The van der Waals surface area contributed by atoms with Gasteiger partial charge >= 0.3 is 0 Å². The number of nitrogens with zero attached hydrogens (tertiary/aromatic N) is 3. The molecule has 2 N–H and O–H groups in total. The maximum Gasteiger partial charge on any atom is 0.234 e. The Balaban J connectivity index is 1.53. The Bertz CT molecular complexity index is 689. The smallest absolute Gasteiger partial charge is 0.234 e. The van der Waals surface area contributed by atoms with E-state index in [1.807, 2.05) is 24.7 Å². The van der Waals surface area contributed by atoms with E-state index in [4.69, 9.17) is 9.15 Å². The van der Waals surface area contributed by atoms with Crippen LogP contribution in [-0.4, -0.2) is 48.5 Å². The highest BCUT2D eigenvalue weighted by Gasteiger charge is 2.21. The molecule has 8 nitrogen and oxygen atoms in total. The Labute approximate surface area is 147 Å². The summed E-state index contributed by atoms with van der Waals surface area (Å²) in [6, 6.07) is 3.64. The van der Waals surface area contributed by atoms with Crippen molar-refractivity contribution in [2.24, 2.45) is 7.05 Å². The average molecular weight is 347 g/mol. The second-order valence-corrected chi connectivity index (χ2v) is 6.07. The van der Waals surface area contributed by atoms with Crippen LogP contribution in [-0.2, 0) is 29.7 Å². The Hall–Kier alpha value is -2.32. The molecule has 136 valence electrons. The summed E-state index contributed by atoms with van der Waals surface area (Å²) in [6.07, 6.45) is 1.60. The molecule has 0 radical (unpaired) electrons. The van der Waals surface area contributed by atoms with E-state index in [-0.39, 0.29) is 12.5 Å². The summed E-state index contributed by atoms with van der Waals surface area (Å²) < 4.78 is 12.5. The summed E-state index contributed by atoms with van der Waals surface area (Å²) in [4.78, 5) is 14.2. The molecule has 1 aliphatic rings. The van der Waals surface area contributed by atoms with Gasteiger partial charge in [-0.25, -0.2) is 0 Å². The van der Waals surface area contributed by atoms with Crippen LogP contribution in [0.15, 0.2) is 22.8 Å². The molecule has 0 bridgehead atoms. The van der Waals surface area contributed by atoms with Gasteiger partial charge < -0.3 is 24.7 Å². The second-order valence-electron chi connectivity index (χ2n) is 6.07. The maximum absolute atomic E-state index is 11.9. The molecule has 1 amide bonds. The van der Waals surface area contributed by atoms with Crippen LogP contribution in [0.3, 0.4) is 0 Å². The highest BCUT2D eigenvalue weighted by Crippen LogP contribution is 2.23. The van der Waals surface area contributed by atoms with Crippen molar-refractivity contribution in [3.8, 4) is 0 Å². The fourth-order valence-electron chi connectivity index (χ4n) is 3.03. The molecule has 3 heterocycles. The number of carbonyl (C=O) groups is 1. The number of morpholine rings is 1. The second kappa shape index (κ2) is 8.17. The van der Waals surface area contributed by atoms with Gasteiger partial charge in [0.15, 0.2) is 0 Å². The molecule has 1 aliphatic heterocycles. The number of hydrogen-bond acceptors (Lipinski definition) is 6. The van der Waals surface area contributed by atoms with Crippen LogP contribution in [0.4, 0.5) is 5.82 Å². The lowest BCUT2D eigenvalue weighted by atomic mass is 10.2. The third-order valence-corrected chi connectivity index (χ3v) is 4.25. The predicted molar refractivity (Wildman–Crippen MR) is 93.2 cm³/mol. The number of rotatable bonds is 7. The van der Waals surface area contributed by atoms with Gasteiger partial charge in [0.05, 0.1) is 38.3 Å². The number of amides is 1. The number of aryl methyl sites for hydroxylation is 2. The highest BCUT2D eigenvalue weighted by molar-refractivity contribution is 5.77. The van der Waals surface area contributed by atoms with E-state index < -0.39 is 0 Å². The van der Waals surface area contributed by atoms with Gasteiger partial charge in [0.2, 0.25) is 5.91 Å². The van der Waals surface area contributed by atoms with Crippen molar-refractivity contribution in [2.45, 2.75) is 20.0 Å². The molecule has 25 heavy (non-hydrogen) atoms. The third kappa shape index (κ3) is 4.40. The summed E-state index contributed by atoms with van der Waals surface area (Å²) >= 11 is 0. The zero-order valence-corrected chi connectivity index (χ0v) is 14.7. The van der Waals surface area contributed by atoms with E-state index >= 15 is 0 Å². The van der Waals surface area contributed by atoms with Gasteiger partial charge in [-0.3, -0.25) is 9.48 Å². The average Bonchev–Trinajstić information content (AvgIpc) is 3.22. The Morgan fingerprint density at radius 3 is 2.84 bits per heavy atom. The molecular weight excluding hydrogens is 322 g/mol. The molecule has 0 aliphatic carbocycles. The van der Waals surface area contributed by atoms with Crippen molar-refractivity contribution in [1.82, 2.24) is 20.4 Å². The monoisotopic (exact) mass is 347 g/mol. The standard InChI is InChI=1S/C17H25N5O3/c1-13-15(17(21(2)20-13)22-5-8-24-9-6-22)11-18-12-16(23)19-10-14-4-3-7-25-14/h3-4,7,18H,5-6,8-12H2,1-2H3,(H,19,23). The Kier molecular flexibility index (Phi) is 5.72. The lowest BCUT2D eigenvalue weighted by Crippen LogP contribution is -2.38. The van der Waals surface area contributed by atoms with Crippen LogP contribution >= 0.6 is 0 Å². The van der Waals surface area contributed by atoms with Gasteiger partial charge in [0.25, 0.3) is 0 Å². The van der Waals surface area contributed by atoms with Crippen molar-refractivity contribution in [3.05, 3.63) is 35.4 Å². The third-order valence-electron chi connectivity index (χ3n) is 4.25. The first-order valence-corrected chi connectivity index (χ1v) is 8.50. The topological polar surface area (TPSA) is 84.6 Å². The molecule has 2 aromatic heterocycles. The molecule has 0 aromatic carbocycles. The minimum Gasteiger partial charge on any atom is -0.467 e. The molecule has 0 saturated carbocycles. The number of aromatic nitrogens is 2. The molecule has 3 rings (SSSR count). The van der Waals surface area contributed by atoms with E-state index in [0.29, 0.717) is 13.1 Å². The summed E-state index contributed by atoms with van der Waals surface area (Å²) in [5.41, 5.74) is 2.11. The normalized spacial score (nSPS) is 14.7. The SMILES string of the molecule is Cc1nn(C)c(N2CCOCC2)c1CNCC(=O)NCc1ccco1. The Morgan fingerprint density at radius 1 is 1.32 bits per heavy atom. The van der Waals surface area contributed by atoms with Crippen molar-refractivity contribution in [3.63, 3.8) is 0 Å². The number of carbonyl (C=O) groups excluding carboxylic acids is 1. The number of anilines is 1.